The number of likely N-dealkylation sites (N-methyl/N-ethyl adjacent to an activating group) is 1. The molecule has 0 aromatic heterocycles. The Labute approximate surface area is 120 Å². The number of nitrogens with zero attached hydrogens (tertiary/aromatic N) is 2. The Balaban J connectivity index is 0.00000180. The van der Waals surface area contributed by atoms with E-state index in [0.717, 1.165) is 31.9 Å². The van der Waals surface area contributed by atoms with Gasteiger partial charge in [0.05, 0.1) is 0 Å². The van der Waals surface area contributed by atoms with E-state index in [0.29, 0.717) is 0 Å². The number of benzene rings is 1. The van der Waals surface area contributed by atoms with Gasteiger partial charge in [-0.1, -0.05) is 6.07 Å². The van der Waals surface area contributed by atoms with Crippen LogP contribution in [0.15, 0.2) is 18.2 Å². The largest absolute Gasteiger partial charge is 0.369 e. The minimum absolute atomic E-state index is 0. The summed E-state index contributed by atoms with van der Waals surface area (Å²) in [5, 5.41) is 2.62. The smallest absolute Gasteiger partial charge is 0.316 e. The van der Waals surface area contributed by atoms with E-state index < -0.39 is 6.03 Å². The zero-order valence-electron chi connectivity index (χ0n) is 11.3. The number of urea groups is 1. The minimum Gasteiger partial charge on any atom is -0.369 e. The molecule has 0 radical (unpaired) electrons. The third-order valence-electron chi connectivity index (χ3n) is 3.32. The Morgan fingerprint density at radius 2 is 1.89 bits per heavy atom. The predicted octanol–water partition coefficient (Wildman–Crippen LogP) is 1.66. The summed E-state index contributed by atoms with van der Waals surface area (Å²) in [5.74, 6) is 0. The summed E-state index contributed by atoms with van der Waals surface area (Å²) in [6.07, 6.45) is 0. The summed E-state index contributed by atoms with van der Waals surface area (Å²) < 4.78 is 0. The number of aryl methyl sites for hydroxylation is 1. The molecule has 0 bridgehead atoms. The van der Waals surface area contributed by atoms with E-state index in [2.05, 4.69) is 29.1 Å². The average Bonchev–Trinajstić information content (AvgIpc) is 2.32. The molecule has 5 nitrogen and oxygen atoms in total. The van der Waals surface area contributed by atoms with E-state index in [1.807, 2.05) is 18.2 Å². The number of carbonyl (C=O) groups excluding carboxylic acids is 1. The Bertz CT molecular complexity index is 444. The second kappa shape index (κ2) is 6.63. The Morgan fingerprint density at radius 1 is 1.26 bits per heavy atom. The van der Waals surface area contributed by atoms with Crippen molar-refractivity contribution in [2.45, 2.75) is 6.92 Å². The number of rotatable bonds is 2. The summed E-state index contributed by atoms with van der Waals surface area (Å²) in [6.45, 7) is 6.23. The first-order valence-corrected chi connectivity index (χ1v) is 6.17. The van der Waals surface area contributed by atoms with E-state index in [1.54, 1.807) is 0 Å². The van der Waals surface area contributed by atoms with Gasteiger partial charge in [0.1, 0.15) is 0 Å². The molecule has 1 aromatic carbocycles. The van der Waals surface area contributed by atoms with Crippen molar-refractivity contribution >= 4 is 29.8 Å². The minimum atomic E-state index is -0.525. The fourth-order valence-electron chi connectivity index (χ4n) is 2.22. The van der Waals surface area contributed by atoms with Crippen LogP contribution >= 0.6 is 12.4 Å². The van der Waals surface area contributed by atoms with Gasteiger partial charge < -0.3 is 20.9 Å². The lowest BCUT2D eigenvalue weighted by atomic mass is 10.1. The van der Waals surface area contributed by atoms with Crippen LogP contribution < -0.4 is 16.0 Å². The molecule has 3 N–H and O–H groups in total. The SMILES string of the molecule is Cc1ccc(NC(N)=O)cc1N1CCN(C)CC1.Cl. The monoisotopic (exact) mass is 284 g/mol. The lowest BCUT2D eigenvalue weighted by Gasteiger charge is -2.35. The van der Waals surface area contributed by atoms with Crippen molar-refractivity contribution in [1.29, 1.82) is 0 Å². The normalized spacial score (nSPS) is 15.8. The number of carbonyl (C=O) groups is 1. The Kier molecular flexibility index (Phi) is 5.44. The van der Waals surface area contributed by atoms with Gasteiger partial charge in [-0.15, -0.1) is 12.4 Å². The van der Waals surface area contributed by atoms with Crippen molar-refractivity contribution < 1.29 is 4.79 Å². The number of anilines is 2. The first-order chi connectivity index (χ1) is 8.56. The van der Waals surface area contributed by atoms with Crippen LogP contribution in [0.1, 0.15) is 5.56 Å². The van der Waals surface area contributed by atoms with Crippen LogP contribution in [-0.4, -0.2) is 44.2 Å². The number of amides is 2. The summed E-state index contributed by atoms with van der Waals surface area (Å²) >= 11 is 0. The molecule has 0 saturated carbocycles. The maximum atomic E-state index is 10.9. The van der Waals surface area contributed by atoms with Crippen molar-refractivity contribution in [3.63, 3.8) is 0 Å². The third-order valence-corrected chi connectivity index (χ3v) is 3.32. The molecule has 0 spiro atoms. The van der Waals surface area contributed by atoms with Crippen LogP contribution in [-0.2, 0) is 0 Å². The van der Waals surface area contributed by atoms with Crippen LogP contribution in [0, 0.1) is 6.92 Å². The van der Waals surface area contributed by atoms with Gasteiger partial charge in [-0.05, 0) is 31.7 Å². The highest BCUT2D eigenvalue weighted by atomic mass is 35.5. The molecule has 6 heteroatoms. The van der Waals surface area contributed by atoms with Gasteiger partial charge in [-0.3, -0.25) is 0 Å². The molecular formula is C13H21ClN4O. The second-order valence-corrected chi connectivity index (χ2v) is 4.78. The van der Waals surface area contributed by atoms with Crippen LogP contribution in [0.25, 0.3) is 0 Å². The molecule has 1 saturated heterocycles. The van der Waals surface area contributed by atoms with Gasteiger partial charge in [0.25, 0.3) is 0 Å². The summed E-state index contributed by atoms with van der Waals surface area (Å²) in [6, 6.07) is 5.35. The Morgan fingerprint density at radius 3 is 2.47 bits per heavy atom. The van der Waals surface area contributed by atoms with Gasteiger partial charge in [-0.25, -0.2) is 4.79 Å². The Hall–Kier alpha value is -1.46. The highest BCUT2D eigenvalue weighted by Gasteiger charge is 2.16. The average molecular weight is 285 g/mol. The van der Waals surface area contributed by atoms with Gasteiger partial charge in [-0.2, -0.15) is 0 Å². The van der Waals surface area contributed by atoms with Gasteiger partial charge >= 0.3 is 6.03 Å². The van der Waals surface area contributed by atoms with Crippen molar-refractivity contribution in [1.82, 2.24) is 4.90 Å². The predicted molar refractivity (Wildman–Crippen MR) is 81.3 cm³/mol. The van der Waals surface area contributed by atoms with E-state index in [1.165, 1.54) is 11.3 Å². The highest BCUT2D eigenvalue weighted by Crippen LogP contribution is 2.25. The second-order valence-electron chi connectivity index (χ2n) is 4.78. The molecule has 0 unspecified atom stereocenters. The maximum Gasteiger partial charge on any atom is 0.316 e. The van der Waals surface area contributed by atoms with E-state index >= 15 is 0 Å². The lowest BCUT2D eigenvalue weighted by Crippen LogP contribution is -2.44. The molecule has 1 aliphatic heterocycles. The van der Waals surface area contributed by atoms with Crippen molar-refractivity contribution in [2.75, 3.05) is 43.4 Å². The van der Waals surface area contributed by atoms with Crippen molar-refractivity contribution in [3.05, 3.63) is 23.8 Å². The number of nitrogens with one attached hydrogen (secondary N) is 1. The molecular weight excluding hydrogens is 264 g/mol. The molecule has 1 heterocycles. The van der Waals surface area contributed by atoms with Crippen molar-refractivity contribution in [3.8, 4) is 0 Å². The molecule has 106 valence electrons. The molecule has 0 atom stereocenters. The standard InChI is InChI=1S/C13H20N4O.ClH/c1-10-3-4-11(15-13(14)18)9-12(10)17-7-5-16(2)6-8-17;/h3-4,9H,5-8H2,1-2H3,(H3,14,15,18);1H. The zero-order valence-corrected chi connectivity index (χ0v) is 12.2. The first kappa shape index (κ1) is 15.6. The van der Waals surface area contributed by atoms with Gasteiger partial charge in [0.2, 0.25) is 0 Å². The summed E-state index contributed by atoms with van der Waals surface area (Å²) in [7, 11) is 2.13. The number of hydrogen-bond acceptors (Lipinski definition) is 3. The molecule has 19 heavy (non-hydrogen) atoms. The van der Waals surface area contributed by atoms with Crippen LogP contribution in [0.4, 0.5) is 16.2 Å². The number of nitrogens with two attached hydrogens (primary N) is 1. The fraction of sp³-hybridized carbons (Fsp3) is 0.462. The van der Waals surface area contributed by atoms with Crippen LogP contribution in [0.2, 0.25) is 0 Å². The van der Waals surface area contributed by atoms with Gasteiger partial charge in [0.15, 0.2) is 0 Å². The lowest BCUT2D eigenvalue weighted by molar-refractivity contribution is 0.259. The topological polar surface area (TPSA) is 61.6 Å². The van der Waals surface area contributed by atoms with Crippen molar-refractivity contribution in [2.24, 2.45) is 5.73 Å². The zero-order chi connectivity index (χ0) is 13.1. The molecule has 2 rings (SSSR count). The molecule has 1 aromatic rings. The number of halogens is 1. The fourth-order valence-corrected chi connectivity index (χ4v) is 2.22. The number of piperazine rings is 1. The quantitative estimate of drug-likeness (QED) is 0.868. The van der Waals surface area contributed by atoms with E-state index in [4.69, 9.17) is 5.73 Å². The summed E-state index contributed by atoms with van der Waals surface area (Å²) in [5.41, 5.74) is 8.28. The van der Waals surface area contributed by atoms with Gasteiger partial charge in [0, 0.05) is 37.6 Å². The summed E-state index contributed by atoms with van der Waals surface area (Å²) in [4.78, 5) is 15.5. The third kappa shape index (κ3) is 4.01. The number of hydrogen-bond donors (Lipinski definition) is 2. The highest BCUT2D eigenvalue weighted by molar-refractivity contribution is 5.88. The van der Waals surface area contributed by atoms with E-state index in [-0.39, 0.29) is 12.4 Å². The molecule has 0 aliphatic carbocycles. The molecule has 1 fully saturated rings. The van der Waals surface area contributed by atoms with Crippen LogP contribution in [0.5, 0.6) is 0 Å². The molecule has 2 amide bonds. The molecule has 1 aliphatic rings. The first-order valence-electron chi connectivity index (χ1n) is 6.17. The van der Waals surface area contributed by atoms with Crippen LogP contribution in [0.3, 0.4) is 0 Å². The number of primary amides is 1. The van der Waals surface area contributed by atoms with E-state index in [9.17, 15) is 4.79 Å². The maximum absolute atomic E-state index is 10.9.